The van der Waals surface area contributed by atoms with Crippen LogP contribution in [0.15, 0.2) is 24.3 Å². The largest absolute Gasteiger partial charge is 0.352 e. The highest BCUT2D eigenvalue weighted by Crippen LogP contribution is 2.18. The van der Waals surface area contributed by atoms with Gasteiger partial charge in [-0.15, -0.1) is 0 Å². The first-order valence-electron chi connectivity index (χ1n) is 8.79. The van der Waals surface area contributed by atoms with Gasteiger partial charge in [0.2, 0.25) is 0 Å². The third kappa shape index (κ3) is 5.34. The third-order valence-electron chi connectivity index (χ3n) is 4.38. The first kappa shape index (κ1) is 18.5. The van der Waals surface area contributed by atoms with Gasteiger partial charge in [0.15, 0.2) is 0 Å². The fourth-order valence-corrected chi connectivity index (χ4v) is 3.05. The van der Waals surface area contributed by atoms with Crippen molar-refractivity contribution >= 4 is 11.8 Å². The molecular weight excluding hydrogens is 302 g/mol. The molecule has 24 heavy (non-hydrogen) atoms. The number of rotatable bonds is 6. The summed E-state index contributed by atoms with van der Waals surface area (Å²) in [6, 6.07) is 7.06. The average molecular weight is 331 g/mol. The Hall–Kier alpha value is -1.88. The summed E-state index contributed by atoms with van der Waals surface area (Å²) in [5, 5.41) is 2.92. The molecule has 2 amide bonds. The summed E-state index contributed by atoms with van der Waals surface area (Å²) in [6.45, 7) is 5.37. The van der Waals surface area contributed by atoms with Crippen molar-refractivity contribution < 1.29 is 9.59 Å². The first-order chi connectivity index (χ1) is 11.5. The molecule has 0 spiro atoms. The Labute approximate surface area is 145 Å². The molecule has 1 aliphatic heterocycles. The highest BCUT2D eigenvalue weighted by atomic mass is 16.2. The molecule has 1 unspecified atom stereocenters. The van der Waals surface area contributed by atoms with E-state index in [9.17, 15) is 9.59 Å². The molecule has 132 valence electrons. The molecule has 1 saturated heterocycles. The second-order valence-electron chi connectivity index (χ2n) is 6.99. The summed E-state index contributed by atoms with van der Waals surface area (Å²) in [6.07, 6.45) is 3.14. The lowest BCUT2D eigenvalue weighted by atomic mass is 9.99. The van der Waals surface area contributed by atoms with Crippen molar-refractivity contribution in [3.63, 3.8) is 0 Å². The molecule has 0 aliphatic carbocycles. The minimum atomic E-state index is -0.115. The molecule has 1 heterocycles. The molecule has 1 N–H and O–H groups in total. The van der Waals surface area contributed by atoms with Crippen molar-refractivity contribution in [3.8, 4) is 0 Å². The Balaban J connectivity index is 1.95. The van der Waals surface area contributed by atoms with E-state index in [-0.39, 0.29) is 11.8 Å². The molecule has 1 aromatic rings. The van der Waals surface area contributed by atoms with Crippen LogP contribution in [0.5, 0.6) is 0 Å². The quantitative estimate of drug-likeness (QED) is 0.814. The zero-order valence-corrected chi connectivity index (χ0v) is 15.0. The number of hydrogen-bond acceptors (Lipinski definition) is 3. The summed E-state index contributed by atoms with van der Waals surface area (Å²) in [4.78, 5) is 28.9. The Bertz CT molecular complexity index is 571. The smallest absolute Gasteiger partial charge is 0.253 e. The van der Waals surface area contributed by atoms with Gasteiger partial charge < -0.3 is 15.1 Å². The van der Waals surface area contributed by atoms with Crippen LogP contribution in [0.3, 0.4) is 0 Å². The zero-order chi connectivity index (χ0) is 17.5. The first-order valence-corrected chi connectivity index (χ1v) is 8.79. The molecular formula is C19H29N3O2. The summed E-state index contributed by atoms with van der Waals surface area (Å²) in [7, 11) is 4.02. The molecule has 1 aliphatic rings. The van der Waals surface area contributed by atoms with Crippen molar-refractivity contribution in [2.24, 2.45) is 5.92 Å². The van der Waals surface area contributed by atoms with E-state index >= 15 is 0 Å². The van der Waals surface area contributed by atoms with Crippen molar-refractivity contribution in [1.29, 1.82) is 0 Å². The fourth-order valence-electron chi connectivity index (χ4n) is 3.05. The Morgan fingerprint density at radius 3 is 2.75 bits per heavy atom. The van der Waals surface area contributed by atoms with E-state index < -0.39 is 0 Å². The fraction of sp³-hybridized carbons (Fsp3) is 0.579. The Morgan fingerprint density at radius 1 is 1.29 bits per heavy atom. The van der Waals surface area contributed by atoms with E-state index in [1.165, 1.54) is 6.42 Å². The van der Waals surface area contributed by atoms with E-state index in [1.54, 1.807) is 24.3 Å². The van der Waals surface area contributed by atoms with Gasteiger partial charge in [0, 0.05) is 30.8 Å². The number of carbonyl (C=O) groups is 2. The van der Waals surface area contributed by atoms with Gasteiger partial charge in [-0.3, -0.25) is 9.59 Å². The Kier molecular flexibility index (Phi) is 6.79. The topological polar surface area (TPSA) is 52.7 Å². The molecule has 0 saturated carbocycles. The van der Waals surface area contributed by atoms with Crippen LogP contribution in [0.4, 0.5) is 0 Å². The minimum absolute atomic E-state index is 0.0313. The summed E-state index contributed by atoms with van der Waals surface area (Å²) < 4.78 is 0. The molecule has 1 aromatic carbocycles. The highest BCUT2D eigenvalue weighted by molar-refractivity contribution is 5.99. The van der Waals surface area contributed by atoms with E-state index in [1.807, 2.05) is 19.0 Å². The van der Waals surface area contributed by atoms with Gasteiger partial charge in [-0.1, -0.05) is 13.0 Å². The molecule has 0 aromatic heterocycles. The molecule has 5 nitrogen and oxygen atoms in total. The van der Waals surface area contributed by atoms with Crippen LogP contribution >= 0.6 is 0 Å². The number of likely N-dealkylation sites (tertiary alicyclic amines) is 1. The van der Waals surface area contributed by atoms with Crippen molar-refractivity contribution in [2.45, 2.75) is 26.2 Å². The second-order valence-corrected chi connectivity index (χ2v) is 6.99. The van der Waals surface area contributed by atoms with E-state index in [0.717, 1.165) is 32.5 Å². The number of hydrogen-bond donors (Lipinski definition) is 1. The van der Waals surface area contributed by atoms with Gasteiger partial charge in [0.1, 0.15) is 0 Å². The summed E-state index contributed by atoms with van der Waals surface area (Å²) in [5.41, 5.74) is 1.15. The lowest BCUT2D eigenvalue weighted by Gasteiger charge is -2.31. The van der Waals surface area contributed by atoms with Gasteiger partial charge >= 0.3 is 0 Å². The maximum absolute atomic E-state index is 12.6. The molecule has 5 heteroatoms. The highest BCUT2D eigenvalue weighted by Gasteiger charge is 2.22. The Morgan fingerprint density at radius 2 is 2.04 bits per heavy atom. The van der Waals surface area contributed by atoms with E-state index in [4.69, 9.17) is 0 Å². The minimum Gasteiger partial charge on any atom is -0.352 e. The van der Waals surface area contributed by atoms with Crippen LogP contribution in [0.1, 0.15) is 46.9 Å². The predicted molar refractivity (Wildman–Crippen MR) is 96.2 cm³/mol. The maximum Gasteiger partial charge on any atom is 0.253 e. The lowest BCUT2D eigenvalue weighted by Crippen LogP contribution is -2.39. The molecule has 2 rings (SSSR count). The second kappa shape index (κ2) is 8.83. The predicted octanol–water partition coefficient (Wildman–Crippen LogP) is 2.24. The number of carbonyl (C=O) groups excluding carboxylic acids is 2. The molecule has 0 radical (unpaired) electrons. The van der Waals surface area contributed by atoms with Crippen molar-refractivity contribution in [2.75, 3.05) is 40.3 Å². The normalized spacial score (nSPS) is 17.8. The van der Waals surface area contributed by atoms with E-state index in [0.29, 0.717) is 23.6 Å². The van der Waals surface area contributed by atoms with Crippen LogP contribution < -0.4 is 5.32 Å². The molecule has 1 atom stereocenters. The SMILES string of the molecule is CC1CCCN(C(=O)c2cccc(C(=O)NCCCN(C)C)c2)C1. The van der Waals surface area contributed by atoms with Crippen LogP contribution in [-0.4, -0.2) is 61.9 Å². The van der Waals surface area contributed by atoms with Gasteiger partial charge in [-0.25, -0.2) is 0 Å². The molecule has 1 fully saturated rings. The van der Waals surface area contributed by atoms with Crippen LogP contribution in [0.25, 0.3) is 0 Å². The van der Waals surface area contributed by atoms with Crippen molar-refractivity contribution in [3.05, 3.63) is 35.4 Å². The summed E-state index contributed by atoms with van der Waals surface area (Å²) in [5.74, 6) is 0.463. The zero-order valence-electron chi connectivity index (χ0n) is 15.0. The average Bonchev–Trinajstić information content (AvgIpc) is 2.58. The van der Waals surface area contributed by atoms with Crippen molar-refractivity contribution in [1.82, 2.24) is 15.1 Å². The number of nitrogens with one attached hydrogen (secondary N) is 1. The molecule has 0 bridgehead atoms. The number of piperidine rings is 1. The van der Waals surface area contributed by atoms with Crippen LogP contribution in [0.2, 0.25) is 0 Å². The van der Waals surface area contributed by atoms with Gasteiger partial charge in [-0.05, 0) is 64.0 Å². The van der Waals surface area contributed by atoms with Crippen LogP contribution in [-0.2, 0) is 0 Å². The van der Waals surface area contributed by atoms with E-state index in [2.05, 4.69) is 17.1 Å². The monoisotopic (exact) mass is 331 g/mol. The number of amides is 2. The van der Waals surface area contributed by atoms with Gasteiger partial charge in [0.25, 0.3) is 11.8 Å². The number of nitrogens with zero attached hydrogens (tertiary/aromatic N) is 2. The summed E-state index contributed by atoms with van der Waals surface area (Å²) >= 11 is 0. The van der Waals surface area contributed by atoms with Gasteiger partial charge in [-0.2, -0.15) is 0 Å². The lowest BCUT2D eigenvalue weighted by molar-refractivity contribution is 0.0683. The van der Waals surface area contributed by atoms with Gasteiger partial charge in [0.05, 0.1) is 0 Å². The maximum atomic E-state index is 12.6. The third-order valence-corrected chi connectivity index (χ3v) is 4.38. The van der Waals surface area contributed by atoms with Crippen LogP contribution in [0, 0.1) is 5.92 Å². The number of benzene rings is 1. The standard InChI is InChI=1S/C19H29N3O2/c1-15-7-5-12-22(14-15)19(24)17-9-4-8-16(13-17)18(23)20-10-6-11-21(2)3/h4,8-9,13,15H,5-7,10-12,14H2,1-3H3,(H,20,23).